The van der Waals surface area contributed by atoms with Crippen LogP contribution in [0.2, 0.25) is 0 Å². The number of hydrogen-bond acceptors (Lipinski definition) is 4. The SMILES string of the molecule is C[C@@H](O)[C@@H](O)[C@H](O)[C@H](O)C(Br)Br. The number of aliphatic hydroxyl groups excluding tert-OH is 4. The molecule has 12 heavy (non-hydrogen) atoms. The van der Waals surface area contributed by atoms with Gasteiger partial charge in [0.2, 0.25) is 0 Å². The fraction of sp³-hybridized carbons (Fsp3) is 1.00. The lowest BCUT2D eigenvalue weighted by Gasteiger charge is -2.25. The summed E-state index contributed by atoms with van der Waals surface area (Å²) >= 11 is 5.94. The van der Waals surface area contributed by atoms with Crippen LogP contribution < -0.4 is 0 Å². The standard InChI is InChI=1S/C6H12Br2O4/c1-2(9)3(10)4(11)5(12)6(7)8/h2-6,9-12H,1H3/t2-,3-,4+,5+/m1/s1. The minimum atomic E-state index is -1.38. The maximum absolute atomic E-state index is 9.21. The smallest absolute Gasteiger partial charge is 0.110 e. The van der Waals surface area contributed by atoms with Crippen LogP contribution >= 0.6 is 31.9 Å². The number of alkyl halides is 2. The van der Waals surface area contributed by atoms with Crippen LogP contribution in [-0.2, 0) is 0 Å². The summed E-state index contributed by atoms with van der Waals surface area (Å²) in [6.45, 7) is 1.33. The van der Waals surface area contributed by atoms with Crippen LogP contribution in [0, 0.1) is 0 Å². The van der Waals surface area contributed by atoms with E-state index in [1.54, 1.807) is 0 Å². The van der Waals surface area contributed by atoms with Gasteiger partial charge in [-0.1, -0.05) is 31.9 Å². The lowest BCUT2D eigenvalue weighted by molar-refractivity contribution is -0.0946. The van der Waals surface area contributed by atoms with E-state index in [0.29, 0.717) is 0 Å². The number of aliphatic hydroxyl groups is 4. The molecular formula is C6H12Br2O4. The number of halogens is 2. The summed E-state index contributed by atoms with van der Waals surface area (Å²) in [5.41, 5.74) is 0. The molecule has 4 nitrogen and oxygen atoms in total. The first-order valence-corrected chi connectivity index (χ1v) is 5.21. The molecule has 0 bridgehead atoms. The van der Waals surface area contributed by atoms with Crippen molar-refractivity contribution < 1.29 is 20.4 Å². The molecule has 74 valence electrons. The Morgan fingerprint density at radius 1 is 0.833 bits per heavy atom. The molecular weight excluding hydrogens is 296 g/mol. The second-order valence-electron chi connectivity index (χ2n) is 2.55. The van der Waals surface area contributed by atoms with Crippen LogP contribution in [-0.4, -0.2) is 48.6 Å². The molecule has 0 aromatic carbocycles. The van der Waals surface area contributed by atoms with Crippen LogP contribution in [0.25, 0.3) is 0 Å². The Kier molecular flexibility index (Phi) is 5.88. The van der Waals surface area contributed by atoms with Gasteiger partial charge in [-0.3, -0.25) is 0 Å². The Bertz CT molecular complexity index is 117. The van der Waals surface area contributed by atoms with Gasteiger partial charge < -0.3 is 20.4 Å². The zero-order valence-corrected chi connectivity index (χ0v) is 9.60. The minimum absolute atomic E-state index is 0.520. The van der Waals surface area contributed by atoms with Crippen LogP contribution in [0.15, 0.2) is 0 Å². The second-order valence-corrected chi connectivity index (χ2v) is 5.75. The van der Waals surface area contributed by atoms with Crippen molar-refractivity contribution in [3.05, 3.63) is 0 Å². The maximum Gasteiger partial charge on any atom is 0.110 e. The zero-order valence-electron chi connectivity index (χ0n) is 6.43. The summed E-state index contributed by atoms with van der Waals surface area (Å²) in [5, 5.41) is 36.4. The van der Waals surface area contributed by atoms with E-state index in [0.717, 1.165) is 0 Å². The highest BCUT2D eigenvalue weighted by molar-refractivity contribution is 9.24. The third-order valence-corrected chi connectivity index (χ3v) is 2.54. The predicted octanol–water partition coefficient (Wildman–Crippen LogP) is -0.434. The first-order chi connectivity index (χ1) is 5.37. The molecule has 0 aromatic rings. The first-order valence-electron chi connectivity index (χ1n) is 3.38. The van der Waals surface area contributed by atoms with E-state index >= 15 is 0 Å². The van der Waals surface area contributed by atoms with Gasteiger partial charge in [0, 0.05) is 0 Å². The van der Waals surface area contributed by atoms with Gasteiger partial charge in [0.1, 0.15) is 18.3 Å². The van der Waals surface area contributed by atoms with Gasteiger partial charge in [0.25, 0.3) is 0 Å². The molecule has 0 spiro atoms. The van der Waals surface area contributed by atoms with Crippen molar-refractivity contribution in [1.29, 1.82) is 0 Å². The van der Waals surface area contributed by atoms with E-state index in [1.165, 1.54) is 6.92 Å². The molecule has 4 N–H and O–H groups in total. The highest BCUT2D eigenvalue weighted by Crippen LogP contribution is 2.18. The van der Waals surface area contributed by atoms with Crippen LogP contribution in [0.1, 0.15) is 6.92 Å². The van der Waals surface area contributed by atoms with E-state index in [-0.39, 0.29) is 0 Å². The van der Waals surface area contributed by atoms with E-state index in [9.17, 15) is 10.2 Å². The summed E-state index contributed by atoms with van der Waals surface area (Å²) in [7, 11) is 0. The van der Waals surface area contributed by atoms with Crippen molar-refractivity contribution in [2.45, 2.75) is 35.1 Å². The van der Waals surface area contributed by atoms with E-state index in [2.05, 4.69) is 31.9 Å². The molecule has 0 aliphatic heterocycles. The van der Waals surface area contributed by atoms with E-state index < -0.39 is 28.2 Å². The van der Waals surface area contributed by atoms with Gasteiger partial charge in [0.05, 0.1) is 9.84 Å². The highest BCUT2D eigenvalue weighted by Gasteiger charge is 2.31. The van der Waals surface area contributed by atoms with Crippen molar-refractivity contribution in [3.63, 3.8) is 0 Å². The van der Waals surface area contributed by atoms with Crippen molar-refractivity contribution in [1.82, 2.24) is 0 Å². The molecule has 0 aromatic heterocycles. The fourth-order valence-electron chi connectivity index (χ4n) is 0.636. The molecule has 0 radical (unpaired) electrons. The van der Waals surface area contributed by atoms with Gasteiger partial charge >= 0.3 is 0 Å². The summed E-state index contributed by atoms with van der Waals surface area (Å²) in [6, 6.07) is 0. The summed E-state index contributed by atoms with van der Waals surface area (Å²) in [5.74, 6) is 0. The average Bonchev–Trinajstić information content (AvgIpc) is 2.00. The molecule has 0 saturated carbocycles. The van der Waals surface area contributed by atoms with Gasteiger partial charge in [0.15, 0.2) is 0 Å². The van der Waals surface area contributed by atoms with Gasteiger partial charge in [-0.15, -0.1) is 0 Å². The van der Waals surface area contributed by atoms with E-state index in [4.69, 9.17) is 10.2 Å². The van der Waals surface area contributed by atoms with Gasteiger partial charge in [-0.2, -0.15) is 0 Å². The Morgan fingerprint density at radius 3 is 1.50 bits per heavy atom. The van der Waals surface area contributed by atoms with Crippen LogP contribution in [0.4, 0.5) is 0 Å². The molecule has 0 amide bonds. The minimum Gasteiger partial charge on any atom is -0.391 e. The molecule has 0 unspecified atom stereocenters. The summed E-state index contributed by atoms with van der Waals surface area (Å²) < 4.78 is -0.520. The number of hydrogen-bond donors (Lipinski definition) is 4. The monoisotopic (exact) mass is 306 g/mol. The Labute approximate surface area is 87.5 Å². The Morgan fingerprint density at radius 2 is 1.25 bits per heavy atom. The molecule has 0 aliphatic carbocycles. The Balaban J connectivity index is 4.08. The van der Waals surface area contributed by atoms with Crippen molar-refractivity contribution in [3.8, 4) is 0 Å². The first kappa shape index (κ1) is 12.8. The Hall–Kier alpha value is 0.800. The molecule has 0 fully saturated rings. The van der Waals surface area contributed by atoms with Crippen molar-refractivity contribution in [2.75, 3.05) is 0 Å². The molecule has 0 saturated heterocycles. The fourth-order valence-corrected chi connectivity index (χ4v) is 1.26. The molecule has 0 rings (SSSR count). The summed E-state index contributed by atoms with van der Waals surface area (Å²) in [6.07, 6.45) is -4.98. The molecule has 0 heterocycles. The summed E-state index contributed by atoms with van der Waals surface area (Å²) in [4.78, 5) is 0. The van der Waals surface area contributed by atoms with Crippen LogP contribution in [0.5, 0.6) is 0 Å². The van der Waals surface area contributed by atoms with Gasteiger partial charge in [-0.05, 0) is 6.92 Å². The lowest BCUT2D eigenvalue weighted by atomic mass is 10.1. The van der Waals surface area contributed by atoms with Crippen molar-refractivity contribution in [2.24, 2.45) is 0 Å². The van der Waals surface area contributed by atoms with Gasteiger partial charge in [-0.25, -0.2) is 0 Å². The highest BCUT2D eigenvalue weighted by atomic mass is 79.9. The normalized spacial score (nSPS) is 22.0. The third kappa shape index (κ3) is 3.68. The maximum atomic E-state index is 9.21. The van der Waals surface area contributed by atoms with Crippen LogP contribution in [0.3, 0.4) is 0 Å². The van der Waals surface area contributed by atoms with E-state index in [1.807, 2.05) is 0 Å². The lowest BCUT2D eigenvalue weighted by Crippen LogP contribution is -2.45. The molecule has 4 atom stereocenters. The quantitative estimate of drug-likeness (QED) is 0.531. The predicted molar refractivity (Wildman–Crippen MR) is 51.3 cm³/mol. The average molecular weight is 308 g/mol. The zero-order chi connectivity index (χ0) is 9.89. The molecule has 6 heteroatoms. The third-order valence-electron chi connectivity index (χ3n) is 1.45. The number of rotatable bonds is 4. The second kappa shape index (κ2) is 5.51. The molecule has 0 aliphatic rings. The van der Waals surface area contributed by atoms with Crippen molar-refractivity contribution >= 4 is 31.9 Å². The topological polar surface area (TPSA) is 80.9 Å². The largest absolute Gasteiger partial charge is 0.391 e.